The lowest BCUT2D eigenvalue weighted by Gasteiger charge is -2.14. The number of benzene rings is 1. The average Bonchev–Trinajstić information content (AvgIpc) is 2.48. The molecule has 21 heavy (non-hydrogen) atoms. The monoisotopic (exact) mass is 291 g/mol. The molecule has 1 N–H and O–H groups in total. The summed E-state index contributed by atoms with van der Waals surface area (Å²) in [5.41, 5.74) is 0.777. The fourth-order valence-corrected chi connectivity index (χ4v) is 2.14. The Hall–Kier alpha value is -2.21. The summed E-state index contributed by atoms with van der Waals surface area (Å²) >= 11 is 0. The van der Waals surface area contributed by atoms with Crippen LogP contribution < -0.4 is 16.6 Å². The van der Waals surface area contributed by atoms with E-state index in [-0.39, 0.29) is 23.1 Å². The fraction of sp³-hybridized carbons (Fsp3) is 0.333. The summed E-state index contributed by atoms with van der Waals surface area (Å²) in [6.45, 7) is 2.26. The third kappa shape index (κ3) is 3.28. The molecule has 0 spiro atoms. The first-order valence-electron chi connectivity index (χ1n) is 6.64. The molecule has 112 valence electrons. The summed E-state index contributed by atoms with van der Waals surface area (Å²) in [4.78, 5) is 23.6. The normalized spacial score (nSPS) is 12.4. The maximum Gasteiger partial charge on any atom is 0.330 e. The van der Waals surface area contributed by atoms with E-state index in [0.29, 0.717) is 12.1 Å². The van der Waals surface area contributed by atoms with Crippen molar-refractivity contribution in [1.29, 1.82) is 0 Å². The number of nitrogens with one attached hydrogen (secondary N) is 1. The molecule has 0 aliphatic rings. The Morgan fingerprint density at radius 2 is 1.81 bits per heavy atom. The lowest BCUT2D eigenvalue weighted by molar-refractivity contribution is 0.556. The third-order valence-corrected chi connectivity index (χ3v) is 3.49. The molecule has 1 aromatic carbocycles. The van der Waals surface area contributed by atoms with Crippen molar-refractivity contribution in [3.63, 3.8) is 0 Å². The summed E-state index contributed by atoms with van der Waals surface area (Å²) in [6, 6.07) is 6.17. The molecule has 5 nitrogen and oxygen atoms in total. The van der Waals surface area contributed by atoms with Crippen molar-refractivity contribution in [2.24, 2.45) is 14.1 Å². The van der Waals surface area contributed by atoms with Gasteiger partial charge in [-0.3, -0.25) is 9.36 Å². The minimum Gasteiger partial charge on any atom is -0.306 e. The fourth-order valence-electron chi connectivity index (χ4n) is 2.14. The van der Waals surface area contributed by atoms with Crippen molar-refractivity contribution < 1.29 is 4.39 Å². The molecule has 1 unspecified atom stereocenters. The standard InChI is InChI=1S/C15H18FN3O2/c1-10(11-4-6-13(16)7-5-11)17-8-12-9-18(2)15(21)19(3)14(12)20/h4-7,9-10,17H,8H2,1-3H3. The van der Waals surface area contributed by atoms with E-state index in [1.165, 1.54) is 29.9 Å². The van der Waals surface area contributed by atoms with Crippen molar-refractivity contribution in [3.05, 3.63) is 68.2 Å². The van der Waals surface area contributed by atoms with E-state index < -0.39 is 0 Å². The molecule has 0 bridgehead atoms. The van der Waals surface area contributed by atoms with Gasteiger partial charge in [0.25, 0.3) is 5.56 Å². The van der Waals surface area contributed by atoms with E-state index in [9.17, 15) is 14.0 Å². The molecule has 1 heterocycles. The second kappa shape index (κ2) is 6.05. The molecule has 0 amide bonds. The number of rotatable bonds is 4. The third-order valence-electron chi connectivity index (χ3n) is 3.49. The number of aromatic nitrogens is 2. The minimum atomic E-state index is -0.352. The molecular formula is C15H18FN3O2. The Labute approximate surface area is 121 Å². The Morgan fingerprint density at radius 1 is 1.19 bits per heavy atom. The van der Waals surface area contributed by atoms with Crippen LogP contribution in [0.4, 0.5) is 4.39 Å². The zero-order valence-corrected chi connectivity index (χ0v) is 12.3. The van der Waals surface area contributed by atoms with E-state index in [0.717, 1.165) is 10.1 Å². The van der Waals surface area contributed by atoms with Gasteiger partial charge in [-0.15, -0.1) is 0 Å². The van der Waals surface area contributed by atoms with E-state index in [1.54, 1.807) is 19.2 Å². The number of hydrogen-bond acceptors (Lipinski definition) is 3. The Kier molecular flexibility index (Phi) is 4.37. The quantitative estimate of drug-likeness (QED) is 0.917. The van der Waals surface area contributed by atoms with Gasteiger partial charge in [-0.2, -0.15) is 0 Å². The highest BCUT2D eigenvalue weighted by atomic mass is 19.1. The number of hydrogen-bond donors (Lipinski definition) is 1. The SMILES string of the molecule is CC(NCc1cn(C)c(=O)n(C)c1=O)c1ccc(F)cc1. The van der Waals surface area contributed by atoms with Gasteiger partial charge in [0, 0.05) is 38.4 Å². The van der Waals surface area contributed by atoms with Gasteiger partial charge in [-0.1, -0.05) is 12.1 Å². The van der Waals surface area contributed by atoms with E-state index in [1.807, 2.05) is 6.92 Å². The van der Waals surface area contributed by atoms with Crippen LogP contribution in [-0.4, -0.2) is 9.13 Å². The average molecular weight is 291 g/mol. The van der Waals surface area contributed by atoms with Gasteiger partial charge in [0.1, 0.15) is 5.82 Å². The Morgan fingerprint density at radius 3 is 2.43 bits per heavy atom. The highest BCUT2D eigenvalue weighted by Crippen LogP contribution is 2.13. The zero-order chi connectivity index (χ0) is 15.6. The molecule has 0 saturated heterocycles. The maximum atomic E-state index is 12.9. The molecule has 2 rings (SSSR count). The Balaban J connectivity index is 2.15. The molecule has 0 aliphatic heterocycles. The summed E-state index contributed by atoms with van der Waals surface area (Å²) in [5, 5.41) is 3.20. The number of halogens is 1. The first-order chi connectivity index (χ1) is 9.90. The lowest BCUT2D eigenvalue weighted by Crippen LogP contribution is -2.39. The predicted octanol–water partition coefficient (Wildman–Crippen LogP) is 1.07. The van der Waals surface area contributed by atoms with Crippen LogP contribution in [0.3, 0.4) is 0 Å². The summed E-state index contributed by atoms with van der Waals surface area (Å²) < 4.78 is 15.3. The van der Waals surface area contributed by atoms with Gasteiger partial charge in [-0.05, 0) is 24.6 Å². The predicted molar refractivity (Wildman–Crippen MR) is 78.6 cm³/mol. The van der Waals surface area contributed by atoms with Crippen molar-refractivity contribution in [3.8, 4) is 0 Å². The number of nitrogens with zero attached hydrogens (tertiary/aromatic N) is 2. The van der Waals surface area contributed by atoms with Gasteiger partial charge in [0.15, 0.2) is 0 Å². The second-order valence-electron chi connectivity index (χ2n) is 5.07. The van der Waals surface area contributed by atoms with Gasteiger partial charge in [0.2, 0.25) is 0 Å². The second-order valence-corrected chi connectivity index (χ2v) is 5.07. The molecule has 0 aliphatic carbocycles. The summed E-state index contributed by atoms with van der Waals surface area (Å²) in [5.74, 6) is -0.280. The van der Waals surface area contributed by atoms with Crippen LogP contribution >= 0.6 is 0 Å². The smallest absolute Gasteiger partial charge is 0.306 e. The topological polar surface area (TPSA) is 56.0 Å². The maximum absolute atomic E-state index is 12.9. The molecule has 6 heteroatoms. The molecular weight excluding hydrogens is 273 g/mol. The van der Waals surface area contributed by atoms with Gasteiger partial charge in [0.05, 0.1) is 0 Å². The highest BCUT2D eigenvalue weighted by molar-refractivity contribution is 5.19. The van der Waals surface area contributed by atoms with Crippen molar-refractivity contribution in [2.45, 2.75) is 19.5 Å². The van der Waals surface area contributed by atoms with Crippen LogP contribution in [0, 0.1) is 5.82 Å². The van der Waals surface area contributed by atoms with Crippen LogP contribution in [0.25, 0.3) is 0 Å². The first kappa shape index (κ1) is 15.2. The van der Waals surface area contributed by atoms with E-state index in [4.69, 9.17) is 0 Å². The Bertz CT molecular complexity index is 747. The zero-order valence-electron chi connectivity index (χ0n) is 12.3. The first-order valence-corrected chi connectivity index (χ1v) is 6.64. The van der Waals surface area contributed by atoms with Crippen LogP contribution in [0.15, 0.2) is 40.1 Å². The van der Waals surface area contributed by atoms with E-state index in [2.05, 4.69) is 5.32 Å². The molecule has 1 aromatic heterocycles. The van der Waals surface area contributed by atoms with Crippen molar-refractivity contribution in [2.75, 3.05) is 0 Å². The van der Waals surface area contributed by atoms with E-state index >= 15 is 0 Å². The van der Waals surface area contributed by atoms with Crippen LogP contribution in [0.2, 0.25) is 0 Å². The van der Waals surface area contributed by atoms with Crippen LogP contribution in [-0.2, 0) is 20.6 Å². The van der Waals surface area contributed by atoms with Crippen molar-refractivity contribution >= 4 is 0 Å². The van der Waals surface area contributed by atoms with Gasteiger partial charge >= 0.3 is 5.69 Å². The minimum absolute atomic E-state index is 0.0347. The van der Waals surface area contributed by atoms with Gasteiger partial charge in [-0.25, -0.2) is 9.18 Å². The molecule has 0 saturated carbocycles. The van der Waals surface area contributed by atoms with Crippen LogP contribution in [0.5, 0.6) is 0 Å². The number of aryl methyl sites for hydroxylation is 1. The van der Waals surface area contributed by atoms with Gasteiger partial charge < -0.3 is 9.88 Å². The molecule has 0 radical (unpaired) electrons. The van der Waals surface area contributed by atoms with Crippen molar-refractivity contribution in [1.82, 2.24) is 14.5 Å². The highest BCUT2D eigenvalue weighted by Gasteiger charge is 2.09. The summed E-state index contributed by atoms with van der Waals surface area (Å²) in [6.07, 6.45) is 1.54. The van der Waals surface area contributed by atoms with Crippen LogP contribution in [0.1, 0.15) is 24.1 Å². The lowest BCUT2D eigenvalue weighted by atomic mass is 10.1. The molecule has 1 atom stereocenters. The molecule has 2 aromatic rings. The summed E-state index contributed by atoms with van der Waals surface area (Å²) in [7, 11) is 3.06. The largest absolute Gasteiger partial charge is 0.330 e. The molecule has 0 fully saturated rings.